The average molecular weight is 706 g/mol. The minimum atomic E-state index is 0.0676. The van der Waals surface area contributed by atoms with Gasteiger partial charge in [-0.3, -0.25) is 14.6 Å². The Bertz CT molecular complexity index is 2090. The summed E-state index contributed by atoms with van der Waals surface area (Å²) in [6.45, 7) is 12.3. The predicted octanol–water partition coefficient (Wildman–Crippen LogP) is 8.01. The lowest BCUT2D eigenvalue weighted by Gasteiger charge is -2.36. The Balaban J connectivity index is 0.768. The quantitative estimate of drug-likeness (QED) is 0.114. The molecule has 0 spiro atoms. The topological polar surface area (TPSA) is 44.2 Å². The summed E-state index contributed by atoms with van der Waals surface area (Å²) < 4.78 is 10.9. The molecule has 50 heavy (non-hydrogen) atoms. The second-order valence-corrected chi connectivity index (χ2v) is 15.6. The highest BCUT2D eigenvalue weighted by Crippen LogP contribution is 2.32. The molecule has 2 aliphatic heterocycles. The number of aryl methyl sites for hydroxylation is 1. The normalized spacial score (nSPS) is 16.2. The molecule has 3 aromatic heterocycles. The summed E-state index contributed by atoms with van der Waals surface area (Å²) in [5.74, 6) is 0.851. The molecule has 7 nitrogen and oxygen atoms in total. The SMILES string of the molecule is O=c1ccc2ccc(OCCCCN3CCN(c4cccc5sccc45)CC3)cc2n1CCCCN1CCN(c2cccc3sccc23)CC1. The number of aromatic nitrogens is 1. The van der Waals surface area contributed by atoms with Gasteiger partial charge in [0.15, 0.2) is 0 Å². The van der Waals surface area contributed by atoms with Crippen LogP contribution in [0.2, 0.25) is 0 Å². The van der Waals surface area contributed by atoms with Gasteiger partial charge in [-0.15, -0.1) is 22.7 Å². The van der Waals surface area contributed by atoms with Crippen LogP contribution in [0.3, 0.4) is 0 Å². The van der Waals surface area contributed by atoms with Gasteiger partial charge in [-0.05, 0) is 110 Å². The van der Waals surface area contributed by atoms with Crippen molar-refractivity contribution in [2.45, 2.75) is 32.2 Å². The molecule has 2 aliphatic rings. The number of pyridine rings is 1. The number of rotatable bonds is 13. The number of thiophene rings is 2. The van der Waals surface area contributed by atoms with E-state index in [0.717, 1.165) is 114 Å². The van der Waals surface area contributed by atoms with Gasteiger partial charge in [-0.2, -0.15) is 0 Å². The van der Waals surface area contributed by atoms with Crippen LogP contribution in [-0.2, 0) is 6.54 Å². The molecule has 0 radical (unpaired) electrons. The lowest BCUT2D eigenvalue weighted by Crippen LogP contribution is -2.46. The summed E-state index contributed by atoms with van der Waals surface area (Å²) in [6.07, 6.45) is 4.21. The van der Waals surface area contributed by atoms with Crippen molar-refractivity contribution in [3.05, 3.63) is 100.0 Å². The van der Waals surface area contributed by atoms with Crippen molar-refractivity contribution in [3.63, 3.8) is 0 Å². The highest BCUT2D eigenvalue weighted by atomic mass is 32.1. The van der Waals surface area contributed by atoms with Crippen LogP contribution in [0.1, 0.15) is 25.7 Å². The zero-order valence-electron chi connectivity index (χ0n) is 28.8. The second-order valence-electron chi connectivity index (χ2n) is 13.7. The minimum Gasteiger partial charge on any atom is -0.494 e. The van der Waals surface area contributed by atoms with Gasteiger partial charge >= 0.3 is 0 Å². The van der Waals surface area contributed by atoms with Crippen molar-refractivity contribution in [3.8, 4) is 5.75 Å². The van der Waals surface area contributed by atoms with Crippen LogP contribution in [0.4, 0.5) is 11.4 Å². The molecule has 0 bridgehead atoms. The summed E-state index contributed by atoms with van der Waals surface area (Å²) >= 11 is 3.64. The Morgan fingerprint density at radius 3 is 1.76 bits per heavy atom. The predicted molar refractivity (Wildman–Crippen MR) is 213 cm³/mol. The van der Waals surface area contributed by atoms with E-state index in [0.29, 0.717) is 6.61 Å². The summed E-state index contributed by atoms with van der Waals surface area (Å²) in [4.78, 5) is 23.2. The zero-order chi connectivity index (χ0) is 33.7. The standard InChI is InChI=1S/C41H47N5O2S2/c47-41-14-12-32-11-13-33(48-28-4-3-18-43-22-26-45(27-23-43)37-8-6-10-40-35(37)16-30-50-40)31-38(32)46(41)19-2-1-17-42-20-24-44(25-21-42)36-7-5-9-39-34(36)15-29-49-39/h5-16,29-31H,1-4,17-28H2. The molecule has 6 aromatic rings. The Morgan fingerprint density at radius 2 is 1.14 bits per heavy atom. The molecule has 3 aromatic carbocycles. The zero-order valence-corrected chi connectivity index (χ0v) is 30.5. The fourth-order valence-corrected chi connectivity index (χ4v) is 9.37. The molecule has 2 fully saturated rings. The summed E-state index contributed by atoms with van der Waals surface area (Å²) in [5, 5.41) is 8.24. The number of unbranched alkanes of at least 4 members (excludes halogenated alkanes) is 2. The van der Waals surface area contributed by atoms with E-state index in [1.807, 2.05) is 39.4 Å². The average Bonchev–Trinajstić information content (AvgIpc) is 3.85. The van der Waals surface area contributed by atoms with Crippen LogP contribution >= 0.6 is 22.7 Å². The van der Waals surface area contributed by atoms with Gasteiger partial charge in [0.2, 0.25) is 0 Å². The van der Waals surface area contributed by atoms with E-state index in [9.17, 15) is 4.79 Å². The number of hydrogen-bond acceptors (Lipinski definition) is 8. The molecular formula is C41H47N5O2S2. The smallest absolute Gasteiger partial charge is 0.251 e. The van der Waals surface area contributed by atoms with Crippen molar-refractivity contribution < 1.29 is 4.74 Å². The molecule has 0 N–H and O–H groups in total. The molecule has 0 amide bonds. The number of fused-ring (bicyclic) bond motifs is 3. The van der Waals surface area contributed by atoms with Gasteiger partial charge in [-0.1, -0.05) is 12.1 Å². The first-order valence-corrected chi connectivity index (χ1v) is 20.1. The van der Waals surface area contributed by atoms with E-state index in [1.54, 1.807) is 6.07 Å². The molecular weight excluding hydrogens is 659 g/mol. The highest BCUT2D eigenvalue weighted by molar-refractivity contribution is 7.17. The van der Waals surface area contributed by atoms with E-state index >= 15 is 0 Å². The lowest BCUT2D eigenvalue weighted by molar-refractivity contribution is 0.239. The summed E-state index contributed by atoms with van der Waals surface area (Å²) in [5.41, 5.74) is 3.79. The van der Waals surface area contributed by atoms with Gasteiger partial charge in [0.05, 0.1) is 12.1 Å². The number of piperazine rings is 2. The monoisotopic (exact) mass is 705 g/mol. The van der Waals surface area contributed by atoms with Crippen LogP contribution in [0.5, 0.6) is 5.75 Å². The largest absolute Gasteiger partial charge is 0.494 e. The number of ether oxygens (including phenoxy) is 1. The Labute approximate surface area is 302 Å². The number of anilines is 2. The van der Waals surface area contributed by atoms with E-state index in [1.165, 1.54) is 31.5 Å². The molecule has 2 saturated heterocycles. The van der Waals surface area contributed by atoms with Gasteiger partial charge in [0, 0.05) is 103 Å². The third-order valence-corrected chi connectivity index (χ3v) is 12.3. The van der Waals surface area contributed by atoms with Gasteiger partial charge in [-0.25, -0.2) is 0 Å². The number of benzene rings is 3. The van der Waals surface area contributed by atoms with Gasteiger partial charge < -0.3 is 19.1 Å². The van der Waals surface area contributed by atoms with Crippen molar-refractivity contribution in [1.82, 2.24) is 14.4 Å². The molecule has 0 atom stereocenters. The van der Waals surface area contributed by atoms with Crippen molar-refractivity contribution in [2.75, 3.05) is 81.9 Å². The Kier molecular flexibility index (Phi) is 10.4. The molecule has 0 unspecified atom stereocenters. The fraction of sp³-hybridized carbons (Fsp3) is 0.390. The van der Waals surface area contributed by atoms with Crippen LogP contribution < -0.4 is 20.1 Å². The Hall–Kier alpha value is -3.89. The number of hydrogen-bond donors (Lipinski definition) is 0. The van der Waals surface area contributed by atoms with Gasteiger partial charge in [0.1, 0.15) is 5.75 Å². The van der Waals surface area contributed by atoms with Crippen LogP contribution in [0.15, 0.2) is 94.4 Å². The van der Waals surface area contributed by atoms with E-state index in [-0.39, 0.29) is 5.56 Å². The van der Waals surface area contributed by atoms with E-state index in [2.05, 4.69) is 91.0 Å². The molecule has 260 valence electrons. The van der Waals surface area contributed by atoms with Crippen LogP contribution in [-0.4, -0.2) is 86.4 Å². The van der Waals surface area contributed by atoms with Crippen LogP contribution in [0.25, 0.3) is 31.1 Å². The number of nitrogens with zero attached hydrogens (tertiary/aromatic N) is 5. The molecule has 0 aliphatic carbocycles. The first kappa shape index (κ1) is 33.3. The van der Waals surface area contributed by atoms with E-state index in [4.69, 9.17) is 4.74 Å². The Morgan fingerprint density at radius 1 is 0.580 bits per heavy atom. The second kappa shape index (κ2) is 15.6. The summed E-state index contributed by atoms with van der Waals surface area (Å²) in [7, 11) is 0. The van der Waals surface area contributed by atoms with Crippen LogP contribution in [0, 0.1) is 0 Å². The lowest BCUT2D eigenvalue weighted by atomic mass is 10.1. The maximum atomic E-state index is 13.0. The van der Waals surface area contributed by atoms with E-state index < -0.39 is 0 Å². The third kappa shape index (κ3) is 7.42. The molecule has 8 rings (SSSR count). The highest BCUT2D eigenvalue weighted by Gasteiger charge is 2.20. The van der Waals surface area contributed by atoms with Crippen molar-refractivity contribution in [1.29, 1.82) is 0 Å². The van der Waals surface area contributed by atoms with Gasteiger partial charge in [0.25, 0.3) is 5.56 Å². The minimum absolute atomic E-state index is 0.0676. The van der Waals surface area contributed by atoms with Crippen molar-refractivity contribution in [2.24, 2.45) is 0 Å². The maximum Gasteiger partial charge on any atom is 0.251 e. The fourth-order valence-electron chi connectivity index (χ4n) is 7.75. The first-order chi connectivity index (χ1) is 24.7. The van der Waals surface area contributed by atoms with Crippen molar-refractivity contribution >= 4 is 65.1 Å². The molecule has 0 saturated carbocycles. The first-order valence-electron chi connectivity index (χ1n) is 18.3. The summed E-state index contributed by atoms with van der Waals surface area (Å²) in [6, 6.07) is 27.7. The molecule has 9 heteroatoms. The third-order valence-electron chi connectivity index (χ3n) is 10.6. The maximum absolute atomic E-state index is 13.0. The molecule has 5 heterocycles.